The number of aryl methyl sites for hydroxylation is 2. The zero-order chi connectivity index (χ0) is 15.1. The zero-order valence-corrected chi connectivity index (χ0v) is 12.7. The molecule has 0 bridgehead atoms. The summed E-state index contributed by atoms with van der Waals surface area (Å²) in [5, 5.41) is 0. The average Bonchev–Trinajstić information content (AvgIpc) is 3.12. The van der Waals surface area contributed by atoms with Crippen LogP contribution in [0, 0.1) is 13.8 Å². The average molecular weight is 284 g/mol. The smallest absolute Gasteiger partial charge is 0.0804 e. The maximum absolute atomic E-state index is 4.91. The highest BCUT2D eigenvalue weighted by Crippen LogP contribution is 2.36. The largest absolute Gasteiger partial charge is 0.263 e. The molecule has 106 valence electrons. The third-order valence-corrected chi connectivity index (χ3v) is 4.08. The molecule has 0 spiro atoms. The molecule has 2 aromatic rings. The van der Waals surface area contributed by atoms with E-state index >= 15 is 0 Å². The van der Waals surface area contributed by atoms with Crippen LogP contribution >= 0.6 is 0 Å². The number of hydrogen-bond donors (Lipinski definition) is 0. The molecule has 22 heavy (non-hydrogen) atoms. The van der Waals surface area contributed by atoms with Crippen molar-refractivity contribution in [1.82, 2.24) is 0 Å². The van der Waals surface area contributed by atoms with Gasteiger partial charge in [0.1, 0.15) is 0 Å². The van der Waals surface area contributed by atoms with E-state index in [-0.39, 0.29) is 0 Å². The second kappa shape index (κ2) is 4.92. The van der Waals surface area contributed by atoms with Gasteiger partial charge in [0.25, 0.3) is 0 Å². The van der Waals surface area contributed by atoms with Crippen LogP contribution in [-0.2, 0) is 0 Å². The Balaban J connectivity index is 1.82. The van der Waals surface area contributed by atoms with E-state index in [2.05, 4.69) is 67.4 Å². The highest BCUT2D eigenvalue weighted by atomic mass is 14.8. The lowest BCUT2D eigenvalue weighted by Gasteiger charge is -2.03. The number of hydrogen-bond acceptors (Lipinski definition) is 2. The first-order chi connectivity index (χ1) is 10.7. The molecule has 0 aliphatic carbocycles. The molecule has 2 aromatic carbocycles. The number of benzene rings is 2. The maximum atomic E-state index is 4.91. The predicted molar refractivity (Wildman–Crippen MR) is 92.4 cm³/mol. The van der Waals surface area contributed by atoms with E-state index in [0.717, 1.165) is 33.7 Å². The van der Waals surface area contributed by atoms with Crippen molar-refractivity contribution in [3.8, 4) is 0 Å². The molecule has 0 unspecified atom stereocenters. The molecule has 2 nitrogen and oxygen atoms in total. The molecule has 4 rings (SSSR count). The van der Waals surface area contributed by atoms with Crippen LogP contribution in [0.2, 0.25) is 0 Å². The summed E-state index contributed by atoms with van der Waals surface area (Å²) in [6, 6.07) is 17.0. The second-order valence-corrected chi connectivity index (χ2v) is 5.78. The van der Waals surface area contributed by atoms with Crippen molar-refractivity contribution in [1.29, 1.82) is 0 Å². The fourth-order valence-electron chi connectivity index (χ4n) is 2.80. The first-order valence-electron chi connectivity index (χ1n) is 7.43. The second-order valence-electron chi connectivity index (χ2n) is 5.78. The molecule has 0 fully saturated rings. The fraction of sp³-hybridized carbons (Fsp3) is 0.100. The van der Waals surface area contributed by atoms with Gasteiger partial charge in [-0.1, -0.05) is 59.7 Å². The molecule has 0 N–H and O–H groups in total. The number of aliphatic imine (C=N–C) groups is 2. The van der Waals surface area contributed by atoms with Gasteiger partial charge in [0, 0.05) is 34.7 Å². The summed E-state index contributed by atoms with van der Waals surface area (Å²) in [6.07, 6.45) is 3.82. The van der Waals surface area contributed by atoms with Crippen LogP contribution in [0.4, 0.5) is 0 Å². The molecule has 0 saturated carbocycles. The lowest BCUT2D eigenvalue weighted by Crippen LogP contribution is -2.01. The van der Waals surface area contributed by atoms with Crippen LogP contribution < -0.4 is 0 Å². The summed E-state index contributed by atoms with van der Waals surface area (Å²) in [5.41, 5.74) is 9.07. The quantitative estimate of drug-likeness (QED) is 0.776. The van der Waals surface area contributed by atoms with Crippen LogP contribution in [0.3, 0.4) is 0 Å². The molecule has 2 heterocycles. The standard InChI is InChI=1S/C20H16N2/c1-13-3-7-15(8-4-13)19-17-11-21-12-18(17)20(22-19)16-9-5-14(2)6-10-16/h3-12H,1-2H3. The van der Waals surface area contributed by atoms with Gasteiger partial charge < -0.3 is 0 Å². The molecule has 0 amide bonds. The Hall–Kier alpha value is -2.74. The Morgan fingerprint density at radius 2 is 1.32 bits per heavy atom. The summed E-state index contributed by atoms with van der Waals surface area (Å²) in [6.45, 7) is 4.19. The van der Waals surface area contributed by atoms with Crippen LogP contribution in [-0.4, -0.2) is 11.9 Å². The summed E-state index contributed by atoms with van der Waals surface area (Å²) >= 11 is 0. The topological polar surface area (TPSA) is 24.7 Å². The molecule has 0 aromatic heterocycles. The number of allylic oxidation sites excluding steroid dienone is 2. The van der Waals surface area contributed by atoms with Gasteiger partial charge in [-0.2, -0.15) is 0 Å². The van der Waals surface area contributed by atoms with Gasteiger partial charge in [0.05, 0.1) is 11.4 Å². The van der Waals surface area contributed by atoms with Gasteiger partial charge in [-0.25, -0.2) is 4.99 Å². The highest BCUT2D eigenvalue weighted by molar-refractivity contribution is 6.27. The number of fused-ring (bicyclic) bond motifs is 1. The van der Waals surface area contributed by atoms with E-state index in [9.17, 15) is 0 Å². The van der Waals surface area contributed by atoms with E-state index in [1.165, 1.54) is 11.1 Å². The van der Waals surface area contributed by atoms with Crippen LogP contribution in [0.5, 0.6) is 0 Å². The molecule has 2 aliphatic heterocycles. The van der Waals surface area contributed by atoms with Crippen molar-refractivity contribution in [2.45, 2.75) is 13.8 Å². The third kappa shape index (κ3) is 2.04. The van der Waals surface area contributed by atoms with Gasteiger partial charge >= 0.3 is 0 Å². The minimum atomic E-state index is 1.02. The molecular weight excluding hydrogens is 268 g/mol. The minimum absolute atomic E-state index is 1.02. The van der Waals surface area contributed by atoms with E-state index in [1.54, 1.807) is 0 Å². The van der Waals surface area contributed by atoms with Gasteiger partial charge in [0.15, 0.2) is 0 Å². The summed E-state index contributed by atoms with van der Waals surface area (Å²) in [4.78, 5) is 9.24. The molecular formula is C20H16N2. The fourth-order valence-corrected chi connectivity index (χ4v) is 2.80. The van der Waals surface area contributed by atoms with Crippen LogP contribution in [0.25, 0.3) is 5.70 Å². The van der Waals surface area contributed by atoms with Crippen molar-refractivity contribution < 1.29 is 0 Å². The number of rotatable bonds is 2. The Morgan fingerprint density at radius 3 is 1.95 bits per heavy atom. The van der Waals surface area contributed by atoms with Crippen LogP contribution in [0.15, 0.2) is 75.9 Å². The van der Waals surface area contributed by atoms with E-state index in [1.807, 2.05) is 12.4 Å². The van der Waals surface area contributed by atoms with E-state index in [0.29, 0.717) is 0 Å². The zero-order valence-electron chi connectivity index (χ0n) is 12.7. The third-order valence-electron chi connectivity index (χ3n) is 4.08. The SMILES string of the molecule is Cc1ccc(C2=NC(c3ccc(C)cc3)=C3C=NC=C23)cc1. The van der Waals surface area contributed by atoms with Crippen LogP contribution in [0.1, 0.15) is 22.3 Å². The van der Waals surface area contributed by atoms with E-state index < -0.39 is 0 Å². The first kappa shape index (κ1) is 13.0. The molecule has 2 aliphatic rings. The van der Waals surface area contributed by atoms with E-state index in [4.69, 9.17) is 4.99 Å². The molecule has 0 atom stereocenters. The lowest BCUT2D eigenvalue weighted by molar-refractivity contribution is 1.43. The van der Waals surface area contributed by atoms with Crippen molar-refractivity contribution in [2.75, 3.05) is 0 Å². The van der Waals surface area contributed by atoms with Crippen molar-refractivity contribution >= 4 is 17.6 Å². The molecule has 0 radical (unpaired) electrons. The summed E-state index contributed by atoms with van der Waals surface area (Å²) in [5.74, 6) is 0. The van der Waals surface area contributed by atoms with Crippen molar-refractivity contribution in [3.63, 3.8) is 0 Å². The highest BCUT2D eigenvalue weighted by Gasteiger charge is 2.26. The Labute approximate surface area is 130 Å². The molecule has 0 saturated heterocycles. The summed E-state index contributed by atoms with van der Waals surface area (Å²) < 4.78 is 0. The van der Waals surface area contributed by atoms with Gasteiger partial charge in [-0.3, -0.25) is 4.99 Å². The summed E-state index contributed by atoms with van der Waals surface area (Å²) in [7, 11) is 0. The van der Waals surface area contributed by atoms with Gasteiger partial charge in [0.2, 0.25) is 0 Å². The predicted octanol–water partition coefficient (Wildman–Crippen LogP) is 4.49. The Kier molecular flexibility index (Phi) is 2.90. The lowest BCUT2D eigenvalue weighted by atomic mass is 9.98. The normalized spacial score (nSPS) is 15.9. The van der Waals surface area contributed by atoms with Gasteiger partial charge in [-0.15, -0.1) is 0 Å². The van der Waals surface area contributed by atoms with Crippen molar-refractivity contribution in [2.24, 2.45) is 9.98 Å². The minimum Gasteiger partial charge on any atom is -0.263 e. The number of nitrogens with zero attached hydrogens (tertiary/aromatic N) is 2. The Bertz CT molecular complexity index is 861. The molecule has 2 heteroatoms. The van der Waals surface area contributed by atoms with Crippen molar-refractivity contribution in [3.05, 3.63) is 88.1 Å². The Morgan fingerprint density at radius 1 is 0.727 bits per heavy atom. The van der Waals surface area contributed by atoms with Gasteiger partial charge in [-0.05, 0) is 13.8 Å². The monoisotopic (exact) mass is 284 g/mol. The first-order valence-corrected chi connectivity index (χ1v) is 7.43. The maximum Gasteiger partial charge on any atom is 0.0804 e.